The number of hydrogen-bond donors (Lipinski definition) is 1. The van der Waals surface area contributed by atoms with Gasteiger partial charge in [-0.1, -0.05) is 28.1 Å². The van der Waals surface area contributed by atoms with Crippen molar-refractivity contribution >= 4 is 15.9 Å². The second-order valence-electron chi connectivity index (χ2n) is 3.84. The first kappa shape index (κ1) is 12.8. The second kappa shape index (κ2) is 5.82. The molecular formula is C13H13BrN2O2. The Kier molecular flexibility index (Phi) is 4.15. The van der Waals surface area contributed by atoms with Crippen LogP contribution >= 0.6 is 15.9 Å². The van der Waals surface area contributed by atoms with Gasteiger partial charge in [-0.2, -0.15) is 0 Å². The molecule has 1 N–H and O–H groups in total. The van der Waals surface area contributed by atoms with E-state index in [0.29, 0.717) is 23.1 Å². The van der Waals surface area contributed by atoms with Crippen LogP contribution in [0.5, 0.6) is 5.75 Å². The molecule has 0 saturated heterocycles. The molecular weight excluding hydrogens is 296 g/mol. The minimum atomic E-state index is -0.0922. The quantitative estimate of drug-likeness (QED) is 0.882. The predicted molar refractivity (Wildman–Crippen MR) is 73.3 cm³/mol. The molecule has 0 aliphatic rings. The standard InChI is InChI=1S/C13H13BrN2O2/c1-18-11-4-2-9(3-5-11)6-12-15-8-10(7-14)13(17)16-12/h2-5,8H,6-7H2,1H3,(H,15,16,17). The van der Waals surface area contributed by atoms with Crippen molar-refractivity contribution in [1.82, 2.24) is 9.97 Å². The first-order chi connectivity index (χ1) is 8.72. The average molecular weight is 309 g/mol. The summed E-state index contributed by atoms with van der Waals surface area (Å²) in [4.78, 5) is 18.6. The fourth-order valence-corrected chi connectivity index (χ4v) is 1.98. The van der Waals surface area contributed by atoms with Crippen molar-refractivity contribution in [3.63, 3.8) is 0 Å². The number of ether oxygens (including phenoxy) is 1. The van der Waals surface area contributed by atoms with Crippen molar-refractivity contribution in [1.29, 1.82) is 0 Å². The van der Waals surface area contributed by atoms with Crippen LogP contribution < -0.4 is 10.3 Å². The lowest BCUT2D eigenvalue weighted by Gasteiger charge is -2.04. The number of rotatable bonds is 4. The molecule has 94 valence electrons. The summed E-state index contributed by atoms with van der Waals surface area (Å²) in [6.07, 6.45) is 2.20. The van der Waals surface area contributed by atoms with E-state index in [1.54, 1.807) is 13.3 Å². The molecule has 18 heavy (non-hydrogen) atoms. The summed E-state index contributed by atoms with van der Waals surface area (Å²) in [7, 11) is 1.63. The average Bonchev–Trinajstić information content (AvgIpc) is 2.40. The Morgan fingerprint density at radius 2 is 2.06 bits per heavy atom. The first-order valence-corrected chi connectivity index (χ1v) is 6.61. The van der Waals surface area contributed by atoms with Gasteiger partial charge in [0, 0.05) is 23.5 Å². The molecule has 0 saturated carbocycles. The highest BCUT2D eigenvalue weighted by Crippen LogP contribution is 2.13. The Morgan fingerprint density at radius 3 is 2.61 bits per heavy atom. The van der Waals surface area contributed by atoms with Crippen molar-refractivity contribution < 1.29 is 4.74 Å². The first-order valence-electron chi connectivity index (χ1n) is 5.49. The van der Waals surface area contributed by atoms with Gasteiger partial charge in [-0.25, -0.2) is 4.98 Å². The molecule has 0 unspecified atom stereocenters. The third-order valence-corrected chi connectivity index (χ3v) is 3.20. The molecule has 0 spiro atoms. The van der Waals surface area contributed by atoms with E-state index in [9.17, 15) is 4.79 Å². The molecule has 0 bridgehead atoms. The van der Waals surface area contributed by atoms with Gasteiger partial charge in [-0.05, 0) is 17.7 Å². The lowest BCUT2D eigenvalue weighted by atomic mass is 10.1. The molecule has 2 aromatic rings. The van der Waals surface area contributed by atoms with Gasteiger partial charge in [0.2, 0.25) is 0 Å². The Morgan fingerprint density at radius 1 is 1.33 bits per heavy atom. The minimum Gasteiger partial charge on any atom is -0.497 e. The smallest absolute Gasteiger partial charge is 0.254 e. The zero-order valence-electron chi connectivity index (χ0n) is 9.94. The minimum absolute atomic E-state index is 0.0922. The molecule has 4 nitrogen and oxygen atoms in total. The van der Waals surface area contributed by atoms with Gasteiger partial charge in [0.25, 0.3) is 5.56 Å². The summed E-state index contributed by atoms with van der Waals surface area (Å²) in [5.41, 5.74) is 1.62. The lowest BCUT2D eigenvalue weighted by molar-refractivity contribution is 0.414. The normalized spacial score (nSPS) is 10.3. The molecule has 0 atom stereocenters. The van der Waals surface area contributed by atoms with Crippen LogP contribution in [0.15, 0.2) is 35.3 Å². The number of methoxy groups -OCH3 is 1. The summed E-state index contributed by atoms with van der Waals surface area (Å²) in [6, 6.07) is 7.69. The number of aromatic amines is 1. The van der Waals surface area contributed by atoms with E-state index >= 15 is 0 Å². The van der Waals surface area contributed by atoms with Crippen LogP contribution in [-0.4, -0.2) is 17.1 Å². The maximum absolute atomic E-state index is 11.6. The summed E-state index contributed by atoms with van der Waals surface area (Å²) in [5, 5.41) is 0.512. The van der Waals surface area contributed by atoms with Crippen molar-refractivity contribution in [2.45, 2.75) is 11.8 Å². The Bertz CT molecular complexity index is 578. The second-order valence-corrected chi connectivity index (χ2v) is 4.40. The molecule has 0 aliphatic carbocycles. The largest absolute Gasteiger partial charge is 0.497 e. The van der Waals surface area contributed by atoms with Crippen LogP contribution in [-0.2, 0) is 11.8 Å². The van der Waals surface area contributed by atoms with Gasteiger partial charge < -0.3 is 9.72 Å². The van der Waals surface area contributed by atoms with Gasteiger partial charge in [0.15, 0.2) is 0 Å². The van der Waals surface area contributed by atoms with Crippen LogP contribution in [0.4, 0.5) is 0 Å². The molecule has 1 aromatic carbocycles. The SMILES string of the molecule is COc1ccc(Cc2ncc(CBr)c(=O)[nH]2)cc1. The number of nitrogens with one attached hydrogen (secondary N) is 1. The van der Waals surface area contributed by atoms with Crippen molar-refractivity contribution in [2.24, 2.45) is 0 Å². The molecule has 0 aliphatic heterocycles. The Balaban J connectivity index is 2.17. The molecule has 0 amide bonds. The number of hydrogen-bond acceptors (Lipinski definition) is 3. The van der Waals surface area contributed by atoms with Crippen molar-refractivity contribution in [2.75, 3.05) is 7.11 Å². The summed E-state index contributed by atoms with van der Waals surface area (Å²) >= 11 is 3.24. The van der Waals surface area contributed by atoms with Gasteiger partial charge in [0.1, 0.15) is 11.6 Å². The van der Waals surface area contributed by atoms with E-state index in [1.165, 1.54) is 0 Å². The molecule has 1 aromatic heterocycles. The van der Waals surface area contributed by atoms with Crippen LogP contribution in [0.1, 0.15) is 17.0 Å². The highest BCUT2D eigenvalue weighted by molar-refractivity contribution is 9.08. The van der Waals surface area contributed by atoms with E-state index in [0.717, 1.165) is 11.3 Å². The summed E-state index contributed by atoms with van der Waals surface area (Å²) in [6.45, 7) is 0. The van der Waals surface area contributed by atoms with Crippen LogP contribution in [0.2, 0.25) is 0 Å². The number of nitrogens with zero attached hydrogens (tertiary/aromatic N) is 1. The fraction of sp³-hybridized carbons (Fsp3) is 0.231. The monoisotopic (exact) mass is 308 g/mol. The zero-order chi connectivity index (χ0) is 13.0. The van der Waals surface area contributed by atoms with Crippen LogP contribution in [0.25, 0.3) is 0 Å². The number of aromatic nitrogens is 2. The number of alkyl halides is 1. The number of H-pyrrole nitrogens is 1. The summed E-state index contributed by atoms with van der Waals surface area (Å²) in [5.74, 6) is 1.48. The van der Waals surface area contributed by atoms with Gasteiger partial charge in [-0.3, -0.25) is 4.79 Å². The van der Waals surface area contributed by atoms with Gasteiger partial charge in [-0.15, -0.1) is 0 Å². The van der Waals surface area contributed by atoms with Crippen LogP contribution in [0, 0.1) is 0 Å². The van der Waals surface area contributed by atoms with Gasteiger partial charge >= 0.3 is 0 Å². The zero-order valence-corrected chi connectivity index (χ0v) is 11.5. The number of benzene rings is 1. The van der Waals surface area contributed by atoms with E-state index in [4.69, 9.17) is 4.74 Å². The molecule has 2 rings (SSSR count). The third kappa shape index (κ3) is 2.98. The summed E-state index contributed by atoms with van der Waals surface area (Å²) < 4.78 is 5.09. The van der Waals surface area contributed by atoms with E-state index in [-0.39, 0.29) is 5.56 Å². The Hall–Kier alpha value is -1.62. The lowest BCUT2D eigenvalue weighted by Crippen LogP contribution is -2.15. The van der Waals surface area contributed by atoms with E-state index < -0.39 is 0 Å². The number of halogens is 1. The van der Waals surface area contributed by atoms with Crippen molar-refractivity contribution in [3.8, 4) is 5.75 Å². The molecule has 0 fully saturated rings. The highest BCUT2D eigenvalue weighted by atomic mass is 79.9. The van der Waals surface area contributed by atoms with Gasteiger partial charge in [0.05, 0.1) is 7.11 Å². The molecule has 5 heteroatoms. The third-order valence-electron chi connectivity index (χ3n) is 2.60. The molecule has 0 radical (unpaired) electrons. The predicted octanol–water partition coefficient (Wildman–Crippen LogP) is 2.26. The fourth-order valence-electron chi connectivity index (χ4n) is 1.58. The Labute approximate surface area is 113 Å². The van der Waals surface area contributed by atoms with Crippen molar-refractivity contribution in [3.05, 3.63) is 57.8 Å². The topological polar surface area (TPSA) is 55.0 Å². The highest BCUT2D eigenvalue weighted by Gasteiger charge is 2.03. The van der Waals surface area contributed by atoms with E-state index in [2.05, 4.69) is 25.9 Å². The van der Waals surface area contributed by atoms with E-state index in [1.807, 2.05) is 24.3 Å². The molecule has 1 heterocycles. The maximum Gasteiger partial charge on any atom is 0.254 e. The maximum atomic E-state index is 11.6. The van der Waals surface area contributed by atoms with Crippen LogP contribution in [0.3, 0.4) is 0 Å².